The molecule has 1 N–H and O–H groups in total. The van der Waals surface area contributed by atoms with Crippen LogP contribution in [-0.2, 0) is 6.61 Å². The van der Waals surface area contributed by atoms with Crippen molar-refractivity contribution < 1.29 is 9.15 Å². The third-order valence-electron chi connectivity index (χ3n) is 5.38. The molecule has 35 heavy (non-hydrogen) atoms. The van der Waals surface area contributed by atoms with Crippen LogP contribution in [-0.4, -0.2) is 30.6 Å². The van der Waals surface area contributed by atoms with E-state index in [1.807, 2.05) is 84.9 Å². The second-order valence-corrected chi connectivity index (χ2v) is 8.26. The van der Waals surface area contributed by atoms with E-state index in [0.717, 1.165) is 33.5 Å². The first-order valence-electron chi connectivity index (χ1n) is 10.8. The fraction of sp³-hybridized carbons (Fsp3) is 0.0385. The van der Waals surface area contributed by atoms with Gasteiger partial charge in [-0.15, -0.1) is 10.2 Å². The van der Waals surface area contributed by atoms with Gasteiger partial charge in [-0.2, -0.15) is 5.21 Å². The van der Waals surface area contributed by atoms with E-state index < -0.39 is 0 Å². The SMILES string of the molecule is Clc1ccc2ccc(/C=C/c3cccc(OCc4ccc5nc(-c6nn[nH]n6)oc5c4)c3)nc2c1. The van der Waals surface area contributed by atoms with E-state index in [0.29, 0.717) is 34.4 Å². The first kappa shape index (κ1) is 21.0. The molecule has 3 aromatic heterocycles. The van der Waals surface area contributed by atoms with Crippen LogP contribution in [0.4, 0.5) is 0 Å². The summed E-state index contributed by atoms with van der Waals surface area (Å²) in [6.07, 6.45) is 3.98. The lowest BCUT2D eigenvalue weighted by molar-refractivity contribution is 0.306. The number of halogens is 1. The maximum Gasteiger partial charge on any atom is 0.269 e. The van der Waals surface area contributed by atoms with Crippen LogP contribution < -0.4 is 4.74 Å². The molecule has 6 rings (SSSR count). The van der Waals surface area contributed by atoms with Crippen molar-refractivity contribution >= 4 is 45.8 Å². The highest BCUT2D eigenvalue weighted by Crippen LogP contribution is 2.24. The van der Waals surface area contributed by atoms with Crippen molar-refractivity contribution in [2.24, 2.45) is 0 Å². The van der Waals surface area contributed by atoms with E-state index in [-0.39, 0.29) is 0 Å². The lowest BCUT2D eigenvalue weighted by atomic mass is 10.1. The van der Waals surface area contributed by atoms with E-state index >= 15 is 0 Å². The summed E-state index contributed by atoms with van der Waals surface area (Å²) in [5.74, 6) is 1.39. The molecule has 0 saturated carbocycles. The average molecular weight is 481 g/mol. The van der Waals surface area contributed by atoms with Gasteiger partial charge in [0, 0.05) is 10.4 Å². The summed E-state index contributed by atoms with van der Waals surface area (Å²) in [6, 6.07) is 23.3. The Morgan fingerprint density at radius 1 is 0.914 bits per heavy atom. The molecule has 0 saturated heterocycles. The van der Waals surface area contributed by atoms with Crippen LogP contribution in [0.3, 0.4) is 0 Å². The first-order chi connectivity index (χ1) is 17.2. The van der Waals surface area contributed by atoms with E-state index in [1.54, 1.807) is 0 Å². The standard InChI is InChI=1S/C26H17ClN6O2/c27-19-8-6-18-7-10-20(28-23(18)14-19)9-4-16-2-1-3-21(12-16)34-15-17-5-11-22-24(13-17)35-26(29-22)25-30-32-33-31-25/h1-14H,15H2,(H,30,31,32,33)/b9-4+. The van der Waals surface area contributed by atoms with Crippen molar-refractivity contribution in [3.63, 3.8) is 0 Å². The Kier molecular flexibility index (Phi) is 5.40. The molecule has 0 aliphatic rings. The molecular weight excluding hydrogens is 464 g/mol. The van der Waals surface area contributed by atoms with E-state index in [1.165, 1.54) is 0 Å². The summed E-state index contributed by atoms with van der Waals surface area (Å²) in [5.41, 5.74) is 5.02. The monoisotopic (exact) mass is 480 g/mol. The van der Waals surface area contributed by atoms with Gasteiger partial charge in [-0.3, -0.25) is 0 Å². The number of fused-ring (bicyclic) bond motifs is 2. The zero-order valence-electron chi connectivity index (χ0n) is 18.2. The highest BCUT2D eigenvalue weighted by molar-refractivity contribution is 6.31. The van der Waals surface area contributed by atoms with Crippen LogP contribution >= 0.6 is 11.6 Å². The zero-order chi connectivity index (χ0) is 23.6. The predicted molar refractivity (Wildman–Crippen MR) is 134 cm³/mol. The number of benzene rings is 3. The molecule has 0 bridgehead atoms. The quantitative estimate of drug-likeness (QED) is 0.313. The number of tetrazole rings is 1. The second kappa shape index (κ2) is 9.00. The topological polar surface area (TPSA) is 103 Å². The predicted octanol–water partition coefficient (Wildman–Crippen LogP) is 5.96. The van der Waals surface area contributed by atoms with E-state index in [4.69, 9.17) is 20.8 Å². The summed E-state index contributed by atoms with van der Waals surface area (Å²) in [5, 5.41) is 15.4. The van der Waals surface area contributed by atoms with Crippen molar-refractivity contribution in [2.75, 3.05) is 0 Å². The van der Waals surface area contributed by atoms with Gasteiger partial charge in [-0.05, 0) is 64.9 Å². The zero-order valence-corrected chi connectivity index (χ0v) is 19.0. The van der Waals surface area contributed by atoms with Crippen molar-refractivity contribution in [1.82, 2.24) is 30.6 Å². The molecule has 0 fully saturated rings. The van der Waals surface area contributed by atoms with Crippen molar-refractivity contribution in [1.29, 1.82) is 0 Å². The van der Waals surface area contributed by atoms with Crippen molar-refractivity contribution in [2.45, 2.75) is 6.61 Å². The lowest BCUT2D eigenvalue weighted by Crippen LogP contribution is -1.95. The molecule has 3 aromatic carbocycles. The van der Waals surface area contributed by atoms with Gasteiger partial charge in [0.05, 0.1) is 11.2 Å². The van der Waals surface area contributed by atoms with E-state index in [9.17, 15) is 0 Å². The number of oxazole rings is 1. The van der Waals surface area contributed by atoms with Gasteiger partial charge in [0.2, 0.25) is 0 Å². The van der Waals surface area contributed by atoms with Crippen molar-refractivity contribution in [3.05, 3.63) is 94.6 Å². The van der Waals surface area contributed by atoms with Gasteiger partial charge in [0.15, 0.2) is 5.58 Å². The largest absolute Gasteiger partial charge is 0.489 e. The Labute approximate surface area is 204 Å². The normalized spacial score (nSPS) is 11.6. The van der Waals surface area contributed by atoms with Crippen molar-refractivity contribution in [3.8, 4) is 17.5 Å². The Morgan fingerprint density at radius 3 is 2.77 bits per heavy atom. The third kappa shape index (κ3) is 4.60. The number of aromatic amines is 1. The number of hydrogen-bond donors (Lipinski definition) is 1. The molecule has 8 nitrogen and oxygen atoms in total. The Bertz CT molecular complexity index is 1680. The summed E-state index contributed by atoms with van der Waals surface area (Å²) < 4.78 is 11.8. The van der Waals surface area contributed by atoms with Gasteiger partial charge in [-0.25, -0.2) is 9.97 Å². The first-order valence-corrected chi connectivity index (χ1v) is 11.2. The molecule has 9 heteroatoms. The number of rotatable bonds is 6. The molecular formula is C26H17ClN6O2. The molecule has 0 atom stereocenters. The number of hydrogen-bond acceptors (Lipinski definition) is 7. The van der Waals surface area contributed by atoms with Crippen LogP contribution in [0.25, 0.3) is 45.9 Å². The summed E-state index contributed by atoms with van der Waals surface area (Å²) in [7, 11) is 0. The molecule has 0 spiro atoms. The average Bonchev–Trinajstić information content (AvgIpc) is 3.56. The molecule has 6 aromatic rings. The Balaban J connectivity index is 1.15. The minimum absolute atomic E-state index is 0.312. The highest BCUT2D eigenvalue weighted by atomic mass is 35.5. The molecule has 0 amide bonds. The molecule has 3 heterocycles. The maximum absolute atomic E-state index is 6.10. The van der Waals surface area contributed by atoms with Crippen LogP contribution in [0.5, 0.6) is 5.75 Å². The van der Waals surface area contributed by atoms with Gasteiger partial charge < -0.3 is 9.15 Å². The number of nitrogens with zero attached hydrogens (tertiary/aromatic N) is 5. The molecule has 170 valence electrons. The van der Waals surface area contributed by atoms with Crippen LogP contribution in [0, 0.1) is 0 Å². The number of H-pyrrole nitrogens is 1. The lowest BCUT2D eigenvalue weighted by Gasteiger charge is -2.07. The fourth-order valence-corrected chi connectivity index (χ4v) is 3.83. The number of aromatic nitrogens is 6. The highest BCUT2D eigenvalue weighted by Gasteiger charge is 2.12. The fourth-order valence-electron chi connectivity index (χ4n) is 3.66. The van der Waals surface area contributed by atoms with E-state index in [2.05, 4.69) is 30.6 Å². The van der Waals surface area contributed by atoms with Gasteiger partial charge >= 0.3 is 0 Å². The minimum Gasteiger partial charge on any atom is -0.489 e. The molecule has 0 unspecified atom stereocenters. The summed E-state index contributed by atoms with van der Waals surface area (Å²) in [4.78, 5) is 9.04. The second-order valence-electron chi connectivity index (χ2n) is 7.82. The summed E-state index contributed by atoms with van der Waals surface area (Å²) >= 11 is 6.10. The van der Waals surface area contributed by atoms with Gasteiger partial charge in [-0.1, -0.05) is 48.0 Å². The number of ether oxygens (including phenoxy) is 1. The third-order valence-corrected chi connectivity index (χ3v) is 5.61. The number of pyridine rings is 1. The summed E-state index contributed by atoms with van der Waals surface area (Å²) in [6.45, 7) is 0.383. The van der Waals surface area contributed by atoms with Crippen LogP contribution in [0.2, 0.25) is 5.02 Å². The number of nitrogens with one attached hydrogen (secondary N) is 1. The molecule has 0 radical (unpaired) electrons. The minimum atomic E-state index is 0.312. The van der Waals surface area contributed by atoms with Gasteiger partial charge in [0.25, 0.3) is 11.7 Å². The molecule has 0 aliphatic heterocycles. The Hall–Kier alpha value is -4.56. The maximum atomic E-state index is 6.10. The smallest absolute Gasteiger partial charge is 0.269 e. The molecule has 0 aliphatic carbocycles. The Morgan fingerprint density at radius 2 is 1.86 bits per heavy atom. The van der Waals surface area contributed by atoms with Gasteiger partial charge in [0.1, 0.15) is 17.9 Å². The van der Waals surface area contributed by atoms with Crippen LogP contribution in [0.15, 0.2) is 77.2 Å². The van der Waals surface area contributed by atoms with Crippen LogP contribution in [0.1, 0.15) is 16.8 Å².